The number of imidazole rings is 1. The first-order chi connectivity index (χ1) is 17.4. The molecule has 36 heavy (non-hydrogen) atoms. The van der Waals surface area contributed by atoms with Crippen molar-refractivity contribution in [1.29, 1.82) is 0 Å². The number of hydrogen-bond donors (Lipinski definition) is 1. The molecule has 1 fully saturated rings. The zero-order valence-corrected chi connectivity index (χ0v) is 21.3. The number of esters is 2. The van der Waals surface area contributed by atoms with Crippen molar-refractivity contribution >= 4 is 48.5 Å². The van der Waals surface area contributed by atoms with E-state index < -0.39 is 30.4 Å². The minimum atomic E-state index is -0.655. The summed E-state index contributed by atoms with van der Waals surface area (Å²) >= 11 is -0.133. The minimum absolute atomic E-state index is 0.0417. The number of carbonyl (C=O) groups excluding carboxylic acids is 2. The molecule has 4 unspecified atom stereocenters. The Bertz CT molecular complexity index is 1300. The number of nitrogens with two attached hydrogens (primary N) is 1. The Morgan fingerprint density at radius 3 is 2.78 bits per heavy atom. The summed E-state index contributed by atoms with van der Waals surface area (Å²) in [4.78, 5) is 39.0. The fourth-order valence-electron chi connectivity index (χ4n) is 3.90. The maximum atomic E-state index is 11.6. The quantitative estimate of drug-likeness (QED) is 0.134. The van der Waals surface area contributed by atoms with E-state index >= 15 is 0 Å². The second kappa shape index (κ2) is 11.4. The predicted molar refractivity (Wildman–Crippen MR) is 129 cm³/mol. The van der Waals surface area contributed by atoms with Gasteiger partial charge in [-0.05, 0) is 0 Å². The van der Waals surface area contributed by atoms with Gasteiger partial charge in [0.05, 0.1) is 0 Å². The Morgan fingerprint density at radius 1 is 1.31 bits per heavy atom. The molecule has 188 valence electrons. The molecule has 4 rings (SSSR count). The summed E-state index contributed by atoms with van der Waals surface area (Å²) in [6.45, 7) is 2.72. The number of azide groups is 1. The number of aromatic nitrogens is 4. The maximum absolute atomic E-state index is 11.6. The van der Waals surface area contributed by atoms with Crippen LogP contribution in [0.15, 0.2) is 41.8 Å². The van der Waals surface area contributed by atoms with Crippen LogP contribution in [0.5, 0.6) is 0 Å². The number of fused-ring (bicyclic) bond motifs is 1. The molecule has 3 aromatic rings. The normalized spacial score (nSPS) is 20.0. The Labute approximate surface area is 212 Å². The number of rotatable bonds is 9. The molecule has 1 aliphatic rings. The van der Waals surface area contributed by atoms with Crippen LogP contribution in [0.3, 0.4) is 0 Å². The summed E-state index contributed by atoms with van der Waals surface area (Å²) in [5.41, 5.74) is 16.6. The Balaban J connectivity index is 1.68. The zero-order valence-electron chi connectivity index (χ0n) is 19.6. The van der Waals surface area contributed by atoms with Crippen molar-refractivity contribution in [3.8, 4) is 0 Å². The van der Waals surface area contributed by atoms with Crippen molar-refractivity contribution in [2.24, 2.45) is 5.11 Å². The molecular formula is C22H24N8O5Se. The standard InChI is InChI=1S/C22H24N8O5Se/c1-12(31)33-10-16-15(34-13(2)32)8-18(35-16)30-11-25-20-19(27-22(23)28-21(20)30)17(9-26-29-24)36-14-6-4-3-5-7-14/h3-7,11,15-18H,8-10H2,1-2H3,(H2,23,27,28). The number of nitrogens with zero attached hydrogens (tertiary/aromatic N) is 7. The second-order valence-electron chi connectivity index (χ2n) is 7.94. The number of benzene rings is 1. The van der Waals surface area contributed by atoms with Gasteiger partial charge in [0.25, 0.3) is 0 Å². The molecule has 14 heteroatoms. The SMILES string of the molecule is CC(=O)OCC1OC(n2cnc3c(C(CN=[N+]=[N-])[Se]c4ccccc4)nc(N)nc32)CC1OC(C)=O. The van der Waals surface area contributed by atoms with E-state index in [1.54, 1.807) is 10.9 Å². The van der Waals surface area contributed by atoms with Gasteiger partial charge in [-0.3, -0.25) is 0 Å². The Kier molecular flexibility index (Phi) is 8.01. The summed E-state index contributed by atoms with van der Waals surface area (Å²) in [6.07, 6.45) is -0.0178. The second-order valence-corrected chi connectivity index (χ2v) is 10.6. The molecule has 1 aliphatic heterocycles. The van der Waals surface area contributed by atoms with E-state index in [1.807, 2.05) is 30.3 Å². The molecule has 3 heterocycles. The summed E-state index contributed by atoms with van der Waals surface area (Å²) in [5.74, 6) is -0.890. The molecule has 1 aromatic carbocycles. The molecule has 0 radical (unpaired) electrons. The molecule has 0 spiro atoms. The van der Waals surface area contributed by atoms with E-state index in [0.717, 1.165) is 4.46 Å². The predicted octanol–water partition coefficient (Wildman–Crippen LogP) is 1.57. The molecule has 13 nitrogen and oxygen atoms in total. The van der Waals surface area contributed by atoms with Gasteiger partial charge >= 0.3 is 212 Å². The van der Waals surface area contributed by atoms with Gasteiger partial charge in [-0.1, -0.05) is 0 Å². The van der Waals surface area contributed by atoms with Gasteiger partial charge < -0.3 is 0 Å². The number of nitrogen functional groups attached to an aromatic ring is 1. The Morgan fingerprint density at radius 2 is 2.08 bits per heavy atom. The number of anilines is 1. The van der Waals surface area contributed by atoms with E-state index in [4.69, 9.17) is 25.5 Å². The third-order valence-electron chi connectivity index (χ3n) is 5.36. The zero-order chi connectivity index (χ0) is 25.7. The van der Waals surface area contributed by atoms with Crippen LogP contribution in [0.1, 0.15) is 37.0 Å². The van der Waals surface area contributed by atoms with Crippen LogP contribution in [-0.4, -0.2) is 71.8 Å². The van der Waals surface area contributed by atoms with Gasteiger partial charge in [0, 0.05) is 0 Å². The van der Waals surface area contributed by atoms with Crippen molar-refractivity contribution in [2.45, 2.75) is 43.5 Å². The first-order valence-corrected chi connectivity index (χ1v) is 12.9. The molecular weight excluding hydrogens is 535 g/mol. The van der Waals surface area contributed by atoms with E-state index in [9.17, 15) is 9.59 Å². The van der Waals surface area contributed by atoms with Crippen LogP contribution in [0.2, 0.25) is 0 Å². The molecule has 0 bridgehead atoms. The average molecular weight is 559 g/mol. The third kappa shape index (κ3) is 5.92. The van der Waals surface area contributed by atoms with E-state index in [1.165, 1.54) is 13.8 Å². The first-order valence-electron chi connectivity index (χ1n) is 11.0. The van der Waals surface area contributed by atoms with Crippen molar-refractivity contribution in [3.05, 3.63) is 52.8 Å². The average Bonchev–Trinajstić information content (AvgIpc) is 3.44. The van der Waals surface area contributed by atoms with E-state index in [2.05, 4.69) is 25.0 Å². The Hall–Kier alpha value is -3.70. The van der Waals surface area contributed by atoms with Crippen molar-refractivity contribution < 1.29 is 23.8 Å². The first kappa shape index (κ1) is 25.4. The van der Waals surface area contributed by atoms with Crippen LogP contribution < -0.4 is 10.2 Å². The summed E-state index contributed by atoms with van der Waals surface area (Å²) in [5, 5.41) is 3.79. The number of hydrogen-bond acceptors (Lipinski definition) is 10. The van der Waals surface area contributed by atoms with Gasteiger partial charge in [0.1, 0.15) is 0 Å². The molecule has 2 aromatic heterocycles. The van der Waals surface area contributed by atoms with Crippen molar-refractivity contribution in [3.63, 3.8) is 0 Å². The van der Waals surface area contributed by atoms with Crippen molar-refractivity contribution in [2.75, 3.05) is 18.9 Å². The van der Waals surface area contributed by atoms with Gasteiger partial charge in [-0.25, -0.2) is 0 Å². The van der Waals surface area contributed by atoms with Crippen molar-refractivity contribution in [1.82, 2.24) is 19.5 Å². The van der Waals surface area contributed by atoms with E-state index in [0.29, 0.717) is 23.3 Å². The summed E-state index contributed by atoms with van der Waals surface area (Å²) in [6, 6.07) is 9.85. The molecule has 0 amide bonds. The van der Waals surface area contributed by atoms with Crippen LogP contribution in [0, 0.1) is 0 Å². The fraction of sp³-hybridized carbons (Fsp3) is 0.409. The van der Waals surface area contributed by atoms with Crippen LogP contribution in [0.4, 0.5) is 5.95 Å². The van der Waals surface area contributed by atoms with Crippen LogP contribution >= 0.6 is 0 Å². The number of carbonyl (C=O) groups is 2. The van der Waals surface area contributed by atoms with Crippen LogP contribution in [0.25, 0.3) is 21.6 Å². The van der Waals surface area contributed by atoms with Gasteiger partial charge in [0.2, 0.25) is 0 Å². The van der Waals surface area contributed by atoms with E-state index in [-0.39, 0.29) is 38.9 Å². The summed E-state index contributed by atoms with van der Waals surface area (Å²) in [7, 11) is 0. The molecule has 4 atom stereocenters. The van der Waals surface area contributed by atoms with Gasteiger partial charge in [0.15, 0.2) is 0 Å². The third-order valence-corrected chi connectivity index (χ3v) is 7.88. The van der Waals surface area contributed by atoms with Gasteiger partial charge in [-0.2, -0.15) is 0 Å². The topological polar surface area (TPSA) is 180 Å². The summed E-state index contributed by atoms with van der Waals surface area (Å²) < 4.78 is 19.4. The molecule has 0 aliphatic carbocycles. The number of ether oxygens (including phenoxy) is 3. The monoisotopic (exact) mass is 560 g/mol. The van der Waals surface area contributed by atoms with Crippen LogP contribution in [-0.2, 0) is 23.8 Å². The molecule has 2 N–H and O–H groups in total. The van der Waals surface area contributed by atoms with Gasteiger partial charge in [-0.15, -0.1) is 0 Å². The fourth-order valence-corrected chi connectivity index (χ4v) is 6.13. The molecule has 1 saturated heterocycles. The molecule has 0 saturated carbocycles.